The molecular weight excluding hydrogens is 394 g/mol. The van der Waals surface area contributed by atoms with E-state index in [1.165, 1.54) is 0 Å². The highest BCUT2D eigenvalue weighted by Gasteiger charge is 2.26. The first-order valence-corrected chi connectivity index (χ1v) is 10.8. The molecule has 2 aromatic heterocycles. The van der Waals surface area contributed by atoms with E-state index in [2.05, 4.69) is 14.5 Å². The average molecular weight is 422 g/mol. The Balaban J connectivity index is 1.52. The minimum absolute atomic E-state index is 0.234. The number of piperidine rings is 1. The highest BCUT2D eigenvalue weighted by Crippen LogP contribution is 2.31. The normalized spacial score (nSPS) is 18.5. The number of morpholine rings is 1. The molecule has 2 fully saturated rings. The first kappa shape index (κ1) is 19.9. The monoisotopic (exact) mass is 421 g/mol. The number of carbonyl (C=O) groups is 1. The molecule has 2 N–H and O–H groups in total. The Kier molecular flexibility index (Phi) is 5.52. The third kappa shape index (κ3) is 4.11. The van der Waals surface area contributed by atoms with Crippen molar-refractivity contribution in [3.8, 4) is 11.4 Å². The van der Waals surface area contributed by atoms with E-state index in [9.17, 15) is 4.79 Å². The van der Waals surface area contributed by atoms with Crippen molar-refractivity contribution < 1.29 is 9.53 Å². The second-order valence-corrected chi connectivity index (χ2v) is 8.14. The molecular formula is C22H27N7O2. The van der Waals surface area contributed by atoms with Crippen molar-refractivity contribution >= 4 is 22.8 Å². The predicted molar refractivity (Wildman–Crippen MR) is 118 cm³/mol. The van der Waals surface area contributed by atoms with Crippen LogP contribution in [0, 0.1) is 0 Å². The first-order valence-electron chi connectivity index (χ1n) is 10.8. The SMILES string of the molecule is NC(=O)CN1CCC(n2ncc3c(N4CCOCC4)nc(-c4ccccc4)nc32)CC1. The molecule has 31 heavy (non-hydrogen) atoms. The van der Waals surface area contributed by atoms with Crippen molar-refractivity contribution in [2.75, 3.05) is 50.8 Å². The van der Waals surface area contributed by atoms with Gasteiger partial charge in [0.05, 0.1) is 37.4 Å². The second kappa shape index (κ2) is 8.60. The third-order valence-corrected chi connectivity index (χ3v) is 6.06. The van der Waals surface area contributed by atoms with Gasteiger partial charge in [0.2, 0.25) is 5.91 Å². The number of amides is 1. The number of rotatable bonds is 5. The number of benzene rings is 1. The summed E-state index contributed by atoms with van der Waals surface area (Å²) < 4.78 is 7.59. The van der Waals surface area contributed by atoms with Gasteiger partial charge in [-0.3, -0.25) is 9.69 Å². The van der Waals surface area contributed by atoms with Gasteiger partial charge in [-0.05, 0) is 12.8 Å². The summed E-state index contributed by atoms with van der Waals surface area (Å²) in [7, 11) is 0. The zero-order valence-corrected chi connectivity index (χ0v) is 17.5. The lowest BCUT2D eigenvalue weighted by Gasteiger charge is -2.31. The zero-order chi connectivity index (χ0) is 21.2. The largest absolute Gasteiger partial charge is 0.378 e. The van der Waals surface area contributed by atoms with Crippen LogP contribution >= 0.6 is 0 Å². The molecule has 2 saturated heterocycles. The quantitative estimate of drug-likeness (QED) is 0.665. The number of carbonyl (C=O) groups excluding carboxylic acids is 1. The summed E-state index contributed by atoms with van der Waals surface area (Å²) in [5.41, 5.74) is 7.21. The van der Waals surface area contributed by atoms with Crippen molar-refractivity contribution in [3.63, 3.8) is 0 Å². The Morgan fingerprint density at radius 3 is 2.52 bits per heavy atom. The summed E-state index contributed by atoms with van der Waals surface area (Å²) in [5.74, 6) is 1.35. The van der Waals surface area contributed by atoms with Crippen LogP contribution < -0.4 is 10.6 Å². The van der Waals surface area contributed by atoms with Crippen LogP contribution in [0.25, 0.3) is 22.4 Å². The average Bonchev–Trinajstić information content (AvgIpc) is 3.24. The molecule has 1 aromatic carbocycles. The number of hydrogen-bond donors (Lipinski definition) is 1. The number of likely N-dealkylation sites (tertiary alicyclic amines) is 1. The topological polar surface area (TPSA) is 102 Å². The Labute approximate surface area is 180 Å². The third-order valence-electron chi connectivity index (χ3n) is 6.06. The summed E-state index contributed by atoms with van der Waals surface area (Å²) in [4.78, 5) is 25.5. The van der Waals surface area contributed by atoms with Crippen LogP contribution in [0.4, 0.5) is 5.82 Å². The molecule has 2 aliphatic rings. The van der Waals surface area contributed by atoms with Crippen molar-refractivity contribution in [2.45, 2.75) is 18.9 Å². The maximum atomic E-state index is 11.2. The standard InChI is InChI=1S/C22H27N7O2/c23-19(30)15-27-8-6-17(7-9-27)29-22-18(14-24-29)21(28-10-12-31-13-11-28)25-20(26-22)16-4-2-1-3-5-16/h1-5,14,17H,6-13,15H2,(H2,23,30). The lowest BCUT2D eigenvalue weighted by atomic mass is 10.1. The Morgan fingerprint density at radius 1 is 1.06 bits per heavy atom. The number of aromatic nitrogens is 4. The van der Waals surface area contributed by atoms with Gasteiger partial charge >= 0.3 is 0 Å². The number of ether oxygens (including phenoxy) is 1. The summed E-state index contributed by atoms with van der Waals surface area (Å²) in [5, 5.41) is 5.71. The van der Waals surface area contributed by atoms with E-state index >= 15 is 0 Å². The molecule has 0 spiro atoms. The minimum atomic E-state index is -0.279. The van der Waals surface area contributed by atoms with Gasteiger partial charge in [0.1, 0.15) is 5.82 Å². The van der Waals surface area contributed by atoms with Gasteiger partial charge < -0.3 is 15.4 Å². The Hall–Kier alpha value is -3.04. The van der Waals surface area contributed by atoms with Crippen LogP contribution in [-0.2, 0) is 9.53 Å². The van der Waals surface area contributed by atoms with Gasteiger partial charge in [0.25, 0.3) is 0 Å². The molecule has 0 bridgehead atoms. The van der Waals surface area contributed by atoms with Gasteiger partial charge in [0.15, 0.2) is 11.5 Å². The molecule has 4 heterocycles. The second-order valence-electron chi connectivity index (χ2n) is 8.14. The molecule has 9 nitrogen and oxygen atoms in total. The van der Waals surface area contributed by atoms with Gasteiger partial charge in [-0.1, -0.05) is 30.3 Å². The number of hydrogen-bond acceptors (Lipinski definition) is 7. The smallest absolute Gasteiger partial charge is 0.231 e. The van der Waals surface area contributed by atoms with Crippen molar-refractivity contribution in [1.82, 2.24) is 24.6 Å². The Morgan fingerprint density at radius 2 is 1.81 bits per heavy atom. The number of nitrogens with zero attached hydrogens (tertiary/aromatic N) is 6. The molecule has 2 aliphatic heterocycles. The van der Waals surface area contributed by atoms with Gasteiger partial charge in [0, 0.05) is 31.7 Å². The number of nitrogens with two attached hydrogens (primary N) is 1. The number of fused-ring (bicyclic) bond motifs is 1. The molecule has 0 unspecified atom stereocenters. The molecule has 0 atom stereocenters. The van der Waals surface area contributed by atoms with E-state index < -0.39 is 0 Å². The molecule has 0 aliphatic carbocycles. The molecule has 162 valence electrons. The molecule has 1 amide bonds. The molecule has 0 saturated carbocycles. The lowest BCUT2D eigenvalue weighted by Crippen LogP contribution is -2.40. The van der Waals surface area contributed by atoms with Crippen LogP contribution in [0.15, 0.2) is 36.5 Å². The van der Waals surface area contributed by atoms with Gasteiger partial charge in [-0.15, -0.1) is 0 Å². The maximum absolute atomic E-state index is 11.2. The number of anilines is 1. The summed E-state index contributed by atoms with van der Waals surface area (Å²) in [6.07, 6.45) is 3.70. The van der Waals surface area contributed by atoms with Crippen molar-refractivity contribution in [3.05, 3.63) is 36.5 Å². The van der Waals surface area contributed by atoms with Crippen molar-refractivity contribution in [2.24, 2.45) is 5.73 Å². The van der Waals surface area contributed by atoms with Crippen molar-refractivity contribution in [1.29, 1.82) is 0 Å². The molecule has 3 aromatic rings. The summed E-state index contributed by atoms with van der Waals surface area (Å²) >= 11 is 0. The fraction of sp³-hybridized carbons (Fsp3) is 0.455. The summed E-state index contributed by atoms with van der Waals surface area (Å²) in [6.45, 7) is 4.95. The predicted octanol–water partition coefficient (Wildman–Crippen LogP) is 1.45. The maximum Gasteiger partial charge on any atom is 0.231 e. The molecule has 9 heteroatoms. The Bertz CT molecular complexity index is 1050. The fourth-order valence-electron chi connectivity index (χ4n) is 4.45. The van der Waals surface area contributed by atoms with Crippen LogP contribution in [0.1, 0.15) is 18.9 Å². The van der Waals surface area contributed by atoms with Gasteiger partial charge in [-0.2, -0.15) is 5.10 Å². The van der Waals surface area contributed by atoms with Crippen LogP contribution in [-0.4, -0.2) is 76.5 Å². The lowest BCUT2D eigenvalue weighted by molar-refractivity contribution is -0.119. The van der Waals surface area contributed by atoms with E-state index in [4.69, 9.17) is 25.5 Å². The molecule has 0 radical (unpaired) electrons. The highest BCUT2D eigenvalue weighted by molar-refractivity contribution is 5.89. The van der Waals surface area contributed by atoms with Crippen LogP contribution in [0.3, 0.4) is 0 Å². The fourth-order valence-corrected chi connectivity index (χ4v) is 4.45. The highest BCUT2D eigenvalue weighted by atomic mass is 16.5. The van der Waals surface area contributed by atoms with Crippen LogP contribution in [0.2, 0.25) is 0 Å². The van der Waals surface area contributed by atoms with E-state index in [-0.39, 0.29) is 11.9 Å². The summed E-state index contributed by atoms with van der Waals surface area (Å²) in [6, 6.07) is 10.3. The van der Waals surface area contributed by atoms with E-state index in [1.54, 1.807) is 0 Å². The van der Waals surface area contributed by atoms with E-state index in [0.717, 1.165) is 61.4 Å². The van der Waals surface area contributed by atoms with E-state index in [0.29, 0.717) is 25.6 Å². The zero-order valence-electron chi connectivity index (χ0n) is 17.5. The molecule has 5 rings (SSSR count). The van der Waals surface area contributed by atoms with Crippen LogP contribution in [0.5, 0.6) is 0 Å². The minimum Gasteiger partial charge on any atom is -0.378 e. The van der Waals surface area contributed by atoms with Gasteiger partial charge in [-0.25, -0.2) is 14.6 Å². The first-order chi connectivity index (χ1) is 15.2. The number of primary amides is 1. The van der Waals surface area contributed by atoms with E-state index in [1.807, 2.05) is 36.5 Å².